The summed E-state index contributed by atoms with van der Waals surface area (Å²) < 4.78 is 0. The summed E-state index contributed by atoms with van der Waals surface area (Å²) >= 11 is 0. The fourth-order valence-corrected chi connectivity index (χ4v) is 2.35. The van der Waals surface area contributed by atoms with E-state index in [9.17, 15) is 4.79 Å². The first-order chi connectivity index (χ1) is 8.63. The highest BCUT2D eigenvalue weighted by Gasteiger charge is 2.43. The predicted octanol–water partition coefficient (Wildman–Crippen LogP) is 1.75. The Labute approximate surface area is 107 Å². The van der Waals surface area contributed by atoms with E-state index >= 15 is 0 Å². The molecule has 0 saturated heterocycles. The van der Waals surface area contributed by atoms with E-state index < -0.39 is 5.41 Å². The van der Waals surface area contributed by atoms with Gasteiger partial charge in [-0.1, -0.05) is 36.8 Å². The SMILES string of the molecule is CC1(C(=O)NOCc2ccccc2)CCCC1N. The molecule has 1 aromatic rings. The second kappa shape index (κ2) is 5.50. The Kier molecular flexibility index (Phi) is 3.99. The molecule has 0 aromatic heterocycles. The van der Waals surface area contributed by atoms with Crippen LogP contribution in [0.5, 0.6) is 0 Å². The molecule has 4 heteroatoms. The first-order valence-electron chi connectivity index (χ1n) is 6.34. The number of benzene rings is 1. The second-order valence-corrected chi connectivity index (χ2v) is 5.12. The van der Waals surface area contributed by atoms with E-state index in [0.29, 0.717) is 6.61 Å². The van der Waals surface area contributed by atoms with Crippen molar-refractivity contribution in [1.82, 2.24) is 5.48 Å². The zero-order chi connectivity index (χ0) is 13.0. The van der Waals surface area contributed by atoms with Gasteiger partial charge in [0.1, 0.15) is 0 Å². The lowest BCUT2D eigenvalue weighted by Crippen LogP contribution is -2.47. The average Bonchev–Trinajstić information content (AvgIpc) is 2.72. The average molecular weight is 248 g/mol. The minimum absolute atomic E-state index is 0.0715. The Morgan fingerprint density at radius 3 is 2.83 bits per heavy atom. The molecule has 1 aromatic carbocycles. The molecule has 1 amide bonds. The van der Waals surface area contributed by atoms with Crippen LogP contribution in [0.3, 0.4) is 0 Å². The van der Waals surface area contributed by atoms with E-state index in [-0.39, 0.29) is 11.9 Å². The first-order valence-corrected chi connectivity index (χ1v) is 6.34. The van der Waals surface area contributed by atoms with Crippen molar-refractivity contribution in [2.45, 2.75) is 38.8 Å². The Hall–Kier alpha value is -1.39. The molecule has 2 atom stereocenters. The second-order valence-electron chi connectivity index (χ2n) is 5.12. The van der Waals surface area contributed by atoms with Gasteiger partial charge in [0.25, 0.3) is 5.91 Å². The third-order valence-corrected chi connectivity index (χ3v) is 3.79. The summed E-state index contributed by atoms with van der Waals surface area (Å²) in [7, 11) is 0. The molecule has 1 aliphatic rings. The number of hydrogen-bond acceptors (Lipinski definition) is 3. The first kappa shape index (κ1) is 13.1. The lowest BCUT2D eigenvalue weighted by molar-refractivity contribution is -0.144. The predicted molar refractivity (Wildman–Crippen MR) is 69.3 cm³/mol. The molecule has 3 N–H and O–H groups in total. The van der Waals surface area contributed by atoms with Crippen LogP contribution in [-0.2, 0) is 16.2 Å². The summed E-state index contributed by atoms with van der Waals surface area (Å²) in [5, 5.41) is 0. The zero-order valence-corrected chi connectivity index (χ0v) is 10.7. The lowest BCUT2D eigenvalue weighted by Gasteiger charge is -2.26. The number of hydrogen-bond donors (Lipinski definition) is 2. The molecule has 2 rings (SSSR count). The van der Waals surface area contributed by atoms with Crippen molar-refractivity contribution in [3.63, 3.8) is 0 Å². The highest BCUT2D eigenvalue weighted by molar-refractivity contribution is 5.82. The van der Waals surface area contributed by atoms with Crippen molar-refractivity contribution >= 4 is 5.91 Å². The number of rotatable bonds is 4. The van der Waals surface area contributed by atoms with Crippen LogP contribution >= 0.6 is 0 Å². The van der Waals surface area contributed by atoms with Crippen LogP contribution < -0.4 is 11.2 Å². The van der Waals surface area contributed by atoms with Crippen molar-refractivity contribution in [3.05, 3.63) is 35.9 Å². The summed E-state index contributed by atoms with van der Waals surface area (Å²) in [5.41, 5.74) is 9.04. The molecule has 0 aliphatic heterocycles. The number of nitrogens with two attached hydrogens (primary N) is 1. The van der Waals surface area contributed by atoms with Gasteiger partial charge in [0.15, 0.2) is 0 Å². The molecule has 0 spiro atoms. The van der Waals surface area contributed by atoms with Crippen LogP contribution in [-0.4, -0.2) is 11.9 Å². The zero-order valence-electron chi connectivity index (χ0n) is 10.7. The molecule has 98 valence electrons. The molecule has 18 heavy (non-hydrogen) atoms. The van der Waals surface area contributed by atoms with Gasteiger partial charge < -0.3 is 5.73 Å². The largest absolute Gasteiger partial charge is 0.327 e. The Morgan fingerprint density at radius 1 is 1.50 bits per heavy atom. The summed E-state index contributed by atoms with van der Waals surface area (Å²) in [6.45, 7) is 2.28. The van der Waals surface area contributed by atoms with Gasteiger partial charge in [-0.3, -0.25) is 9.63 Å². The summed E-state index contributed by atoms with van der Waals surface area (Å²) in [6.07, 6.45) is 2.74. The van der Waals surface area contributed by atoms with E-state index in [1.54, 1.807) is 0 Å². The fraction of sp³-hybridized carbons (Fsp3) is 0.500. The minimum atomic E-state index is -0.489. The third kappa shape index (κ3) is 2.71. The maximum absolute atomic E-state index is 12.1. The highest BCUT2D eigenvalue weighted by Crippen LogP contribution is 2.36. The van der Waals surface area contributed by atoms with Crippen molar-refractivity contribution in [2.24, 2.45) is 11.1 Å². The van der Waals surface area contributed by atoms with Crippen LogP contribution in [0.15, 0.2) is 30.3 Å². The van der Waals surface area contributed by atoms with E-state index in [1.165, 1.54) is 0 Å². The van der Waals surface area contributed by atoms with Gasteiger partial charge in [-0.05, 0) is 25.3 Å². The molecule has 1 fully saturated rings. The van der Waals surface area contributed by atoms with Crippen molar-refractivity contribution in [2.75, 3.05) is 0 Å². The Balaban J connectivity index is 1.82. The van der Waals surface area contributed by atoms with E-state index in [0.717, 1.165) is 24.8 Å². The quantitative estimate of drug-likeness (QED) is 0.798. The fourth-order valence-electron chi connectivity index (χ4n) is 2.35. The van der Waals surface area contributed by atoms with Crippen LogP contribution in [0, 0.1) is 5.41 Å². The van der Waals surface area contributed by atoms with Crippen molar-refractivity contribution in [3.8, 4) is 0 Å². The standard InChI is InChI=1S/C14H20N2O2/c1-14(9-5-8-12(14)15)13(17)16-18-10-11-6-3-2-4-7-11/h2-4,6-7,12H,5,8-10,15H2,1H3,(H,16,17). The number of carbonyl (C=O) groups is 1. The van der Waals surface area contributed by atoms with E-state index in [4.69, 9.17) is 10.6 Å². The van der Waals surface area contributed by atoms with E-state index in [1.807, 2.05) is 37.3 Å². The van der Waals surface area contributed by atoms with Gasteiger partial charge in [0, 0.05) is 6.04 Å². The van der Waals surface area contributed by atoms with Crippen molar-refractivity contribution in [1.29, 1.82) is 0 Å². The third-order valence-electron chi connectivity index (χ3n) is 3.79. The van der Waals surface area contributed by atoms with Crippen LogP contribution in [0.4, 0.5) is 0 Å². The highest BCUT2D eigenvalue weighted by atomic mass is 16.6. The summed E-state index contributed by atoms with van der Waals surface area (Å²) in [4.78, 5) is 17.3. The van der Waals surface area contributed by atoms with E-state index in [2.05, 4.69) is 5.48 Å². The molecule has 0 bridgehead atoms. The number of nitrogens with one attached hydrogen (secondary N) is 1. The van der Waals surface area contributed by atoms with Crippen LogP contribution in [0.2, 0.25) is 0 Å². The van der Waals surface area contributed by atoms with Gasteiger partial charge in [0.2, 0.25) is 0 Å². The maximum Gasteiger partial charge on any atom is 0.251 e. The molecular weight excluding hydrogens is 228 g/mol. The molecule has 0 heterocycles. The van der Waals surface area contributed by atoms with Crippen LogP contribution in [0.1, 0.15) is 31.7 Å². The molecule has 2 unspecified atom stereocenters. The van der Waals surface area contributed by atoms with Gasteiger partial charge >= 0.3 is 0 Å². The molecule has 4 nitrogen and oxygen atoms in total. The monoisotopic (exact) mass is 248 g/mol. The summed E-state index contributed by atoms with van der Waals surface area (Å²) in [6, 6.07) is 9.66. The molecule has 1 aliphatic carbocycles. The number of carbonyl (C=O) groups excluding carboxylic acids is 1. The molecule has 0 radical (unpaired) electrons. The van der Waals surface area contributed by atoms with Crippen molar-refractivity contribution < 1.29 is 9.63 Å². The smallest absolute Gasteiger partial charge is 0.251 e. The van der Waals surface area contributed by atoms with Gasteiger partial charge in [-0.25, -0.2) is 5.48 Å². The molecular formula is C14H20N2O2. The molecule has 1 saturated carbocycles. The number of amides is 1. The van der Waals surface area contributed by atoms with Gasteiger partial charge in [-0.2, -0.15) is 0 Å². The minimum Gasteiger partial charge on any atom is -0.327 e. The van der Waals surface area contributed by atoms with Gasteiger partial charge in [-0.15, -0.1) is 0 Å². The normalized spacial score (nSPS) is 27.1. The Bertz CT molecular complexity index is 408. The number of hydroxylamine groups is 1. The lowest BCUT2D eigenvalue weighted by atomic mass is 9.84. The summed E-state index contributed by atoms with van der Waals surface area (Å²) in [5.74, 6) is -0.108. The van der Waals surface area contributed by atoms with Gasteiger partial charge in [0.05, 0.1) is 12.0 Å². The Morgan fingerprint density at radius 2 is 2.22 bits per heavy atom. The topological polar surface area (TPSA) is 64.3 Å². The van der Waals surface area contributed by atoms with Crippen LogP contribution in [0.25, 0.3) is 0 Å². The maximum atomic E-state index is 12.1.